The minimum atomic E-state index is -0.342. The second-order valence-electron chi connectivity index (χ2n) is 5.84. The molecule has 0 heterocycles. The highest BCUT2D eigenvalue weighted by molar-refractivity contribution is 9.10. The van der Waals surface area contributed by atoms with Gasteiger partial charge in [-0.2, -0.15) is 5.10 Å². The molecule has 0 fully saturated rings. The van der Waals surface area contributed by atoms with Crippen LogP contribution in [-0.2, 0) is 6.42 Å². The highest BCUT2D eigenvalue weighted by Gasteiger charge is 2.08. The quantitative estimate of drug-likeness (QED) is 0.422. The van der Waals surface area contributed by atoms with Gasteiger partial charge < -0.3 is 5.11 Å². The van der Waals surface area contributed by atoms with Crippen molar-refractivity contribution in [2.24, 2.45) is 5.10 Å². The maximum absolute atomic E-state index is 12.2. The van der Waals surface area contributed by atoms with Crippen LogP contribution in [0.2, 0.25) is 5.02 Å². The van der Waals surface area contributed by atoms with Gasteiger partial charge in [0.05, 0.1) is 11.8 Å². The zero-order chi connectivity index (χ0) is 19.2. The van der Waals surface area contributed by atoms with Crippen LogP contribution in [0.1, 0.15) is 27.0 Å². The van der Waals surface area contributed by atoms with E-state index in [-0.39, 0.29) is 11.7 Å². The average molecular weight is 444 g/mol. The van der Waals surface area contributed by atoms with Crippen molar-refractivity contribution in [3.63, 3.8) is 0 Å². The fraction of sp³-hybridized carbons (Fsp3) is 0.0476. The van der Waals surface area contributed by atoms with Crippen molar-refractivity contribution in [2.45, 2.75) is 6.42 Å². The number of nitrogens with zero attached hydrogens (tertiary/aromatic N) is 1. The van der Waals surface area contributed by atoms with Gasteiger partial charge in [0.2, 0.25) is 0 Å². The van der Waals surface area contributed by atoms with Gasteiger partial charge in [0.25, 0.3) is 5.91 Å². The third-order valence-corrected chi connectivity index (χ3v) is 4.99. The SMILES string of the molecule is O=C(NN=Cc1cc(Cc2ccccc2Cl)ccc1O)c1ccccc1Br. The van der Waals surface area contributed by atoms with Gasteiger partial charge >= 0.3 is 0 Å². The second kappa shape index (κ2) is 8.84. The lowest BCUT2D eigenvalue weighted by atomic mass is 10.0. The topological polar surface area (TPSA) is 61.7 Å². The molecule has 0 aliphatic heterocycles. The monoisotopic (exact) mass is 442 g/mol. The number of hydrazone groups is 1. The first-order valence-corrected chi connectivity index (χ1v) is 9.35. The largest absolute Gasteiger partial charge is 0.507 e. The third-order valence-electron chi connectivity index (χ3n) is 3.93. The smallest absolute Gasteiger partial charge is 0.272 e. The van der Waals surface area contributed by atoms with Crippen LogP contribution in [0.15, 0.2) is 76.3 Å². The maximum atomic E-state index is 12.2. The van der Waals surface area contributed by atoms with Crippen LogP contribution in [0.5, 0.6) is 5.75 Å². The minimum Gasteiger partial charge on any atom is -0.507 e. The van der Waals surface area contributed by atoms with Gasteiger partial charge in [0.15, 0.2) is 0 Å². The van der Waals surface area contributed by atoms with Crippen LogP contribution < -0.4 is 5.43 Å². The number of nitrogens with one attached hydrogen (secondary N) is 1. The fourth-order valence-corrected chi connectivity index (χ4v) is 3.21. The van der Waals surface area contributed by atoms with E-state index < -0.39 is 0 Å². The van der Waals surface area contributed by atoms with Crippen LogP contribution in [0.4, 0.5) is 0 Å². The molecule has 27 heavy (non-hydrogen) atoms. The Morgan fingerprint density at radius 2 is 1.85 bits per heavy atom. The van der Waals surface area contributed by atoms with E-state index in [2.05, 4.69) is 26.5 Å². The molecule has 0 atom stereocenters. The van der Waals surface area contributed by atoms with Gasteiger partial charge in [-0.1, -0.05) is 48.0 Å². The number of amides is 1. The summed E-state index contributed by atoms with van der Waals surface area (Å²) in [6.45, 7) is 0. The molecular weight excluding hydrogens is 428 g/mol. The summed E-state index contributed by atoms with van der Waals surface area (Å²) in [6.07, 6.45) is 2.05. The molecule has 0 radical (unpaired) electrons. The minimum absolute atomic E-state index is 0.0804. The van der Waals surface area contributed by atoms with Crippen molar-refractivity contribution in [1.29, 1.82) is 0 Å². The number of phenolic OH excluding ortho intramolecular Hbond substituents is 1. The summed E-state index contributed by atoms with van der Waals surface area (Å²) in [6, 6.07) is 19.9. The van der Waals surface area contributed by atoms with Crippen LogP contribution in [0.25, 0.3) is 0 Å². The first-order valence-electron chi connectivity index (χ1n) is 8.18. The van der Waals surface area contributed by atoms with Gasteiger partial charge in [-0.3, -0.25) is 4.79 Å². The van der Waals surface area contributed by atoms with Gasteiger partial charge in [-0.25, -0.2) is 5.43 Å². The van der Waals surface area contributed by atoms with E-state index in [4.69, 9.17) is 11.6 Å². The normalized spacial score (nSPS) is 10.9. The standard InChI is InChI=1S/C21H16BrClN2O2/c22-18-7-3-2-6-17(18)21(27)25-24-13-16-12-14(9-10-20(16)26)11-15-5-1-4-8-19(15)23/h1-10,12-13,26H,11H2,(H,25,27). The van der Waals surface area contributed by atoms with Crippen molar-refractivity contribution >= 4 is 39.7 Å². The molecule has 0 bridgehead atoms. The van der Waals surface area contributed by atoms with Crippen molar-refractivity contribution in [1.82, 2.24) is 5.43 Å². The molecule has 1 amide bonds. The predicted octanol–water partition coefficient (Wildman–Crippen LogP) is 5.16. The molecule has 0 aliphatic rings. The molecule has 0 spiro atoms. The lowest BCUT2D eigenvalue weighted by Crippen LogP contribution is -2.18. The zero-order valence-corrected chi connectivity index (χ0v) is 16.5. The molecule has 0 aromatic heterocycles. The summed E-state index contributed by atoms with van der Waals surface area (Å²) in [5.74, 6) is -0.262. The van der Waals surface area contributed by atoms with Crippen molar-refractivity contribution in [2.75, 3.05) is 0 Å². The number of carbonyl (C=O) groups is 1. The summed E-state index contributed by atoms with van der Waals surface area (Å²) < 4.78 is 0.683. The molecule has 0 unspecified atom stereocenters. The average Bonchev–Trinajstić information content (AvgIpc) is 2.66. The molecule has 6 heteroatoms. The molecule has 0 saturated carbocycles. The summed E-state index contributed by atoms with van der Waals surface area (Å²) in [7, 11) is 0. The number of carbonyl (C=O) groups excluding carboxylic acids is 1. The molecule has 2 N–H and O–H groups in total. The summed E-state index contributed by atoms with van der Waals surface area (Å²) >= 11 is 9.54. The molecule has 3 aromatic carbocycles. The molecular formula is C21H16BrClN2O2. The highest BCUT2D eigenvalue weighted by atomic mass is 79.9. The summed E-state index contributed by atoms with van der Waals surface area (Å²) in [4.78, 5) is 12.2. The Balaban J connectivity index is 1.73. The number of aromatic hydroxyl groups is 1. The van der Waals surface area contributed by atoms with Crippen molar-refractivity contribution in [3.8, 4) is 5.75 Å². The summed E-state index contributed by atoms with van der Waals surface area (Å²) in [5, 5.41) is 14.7. The van der Waals surface area contributed by atoms with Crippen molar-refractivity contribution in [3.05, 3.63) is 98.5 Å². The Morgan fingerprint density at radius 3 is 2.63 bits per heavy atom. The predicted molar refractivity (Wildman–Crippen MR) is 112 cm³/mol. The van der Waals surface area contributed by atoms with Gasteiger partial charge in [0, 0.05) is 15.1 Å². The maximum Gasteiger partial charge on any atom is 0.272 e. The van der Waals surface area contributed by atoms with Gasteiger partial charge in [0.1, 0.15) is 5.75 Å². The molecule has 0 aliphatic carbocycles. The van der Waals surface area contributed by atoms with Crippen LogP contribution >= 0.6 is 27.5 Å². The molecule has 136 valence electrons. The number of halogens is 2. The van der Waals surface area contributed by atoms with E-state index in [9.17, 15) is 9.90 Å². The lowest BCUT2D eigenvalue weighted by molar-refractivity contribution is 0.0954. The Hall–Kier alpha value is -2.63. The van der Waals surface area contributed by atoms with Gasteiger partial charge in [-0.05, 0) is 63.8 Å². The van der Waals surface area contributed by atoms with Crippen LogP contribution in [0.3, 0.4) is 0 Å². The molecule has 3 rings (SSSR count). The van der Waals surface area contributed by atoms with E-state index >= 15 is 0 Å². The van der Waals surface area contributed by atoms with E-state index in [1.54, 1.807) is 24.3 Å². The lowest BCUT2D eigenvalue weighted by Gasteiger charge is -2.07. The number of hydrogen-bond donors (Lipinski definition) is 2. The Labute approximate surface area is 170 Å². The Bertz CT molecular complexity index is 1000. The fourth-order valence-electron chi connectivity index (χ4n) is 2.55. The van der Waals surface area contributed by atoms with E-state index in [0.29, 0.717) is 27.0 Å². The van der Waals surface area contributed by atoms with Gasteiger partial charge in [-0.15, -0.1) is 0 Å². The molecule has 4 nitrogen and oxygen atoms in total. The zero-order valence-electron chi connectivity index (χ0n) is 14.2. The second-order valence-corrected chi connectivity index (χ2v) is 7.10. The number of phenols is 1. The van der Waals surface area contributed by atoms with E-state index in [1.165, 1.54) is 6.21 Å². The molecule has 3 aromatic rings. The Kier molecular flexibility index (Phi) is 6.27. The number of rotatable bonds is 5. The third kappa shape index (κ3) is 4.96. The first kappa shape index (κ1) is 19.1. The molecule has 0 saturated heterocycles. The first-order chi connectivity index (χ1) is 13.0. The number of hydrogen-bond acceptors (Lipinski definition) is 3. The van der Waals surface area contributed by atoms with Crippen LogP contribution in [-0.4, -0.2) is 17.2 Å². The van der Waals surface area contributed by atoms with E-state index in [1.807, 2.05) is 42.5 Å². The summed E-state index contributed by atoms with van der Waals surface area (Å²) in [5.41, 5.74) is 5.41. The Morgan fingerprint density at radius 1 is 1.11 bits per heavy atom. The van der Waals surface area contributed by atoms with Crippen molar-refractivity contribution < 1.29 is 9.90 Å². The van der Waals surface area contributed by atoms with E-state index in [0.717, 1.165) is 11.1 Å². The number of benzene rings is 3. The highest BCUT2D eigenvalue weighted by Crippen LogP contribution is 2.22. The van der Waals surface area contributed by atoms with Crippen LogP contribution in [0, 0.1) is 0 Å².